The van der Waals surface area contributed by atoms with Crippen molar-refractivity contribution in [3.05, 3.63) is 47.8 Å². The van der Waals surface area contributed by atoms with E-state index < -0.39 is 0 Å². The number of hydrogen-bond donors (Lipinski definition) is 0. The highest BCUT2D eigenvalue weighted by Crippen LogP contribution is 2.36. The summed E-state index contributed by atoms with van der Waals surface area (Å²) in [7, 11) is 0. The SMILES string of the molecule is FCC/C=C/[C@H]1CC[C@H](c2ccc(F)cc2)CC1. The zero-order valence-electron chi connectivity index (χ0n) is 10.6. The van der Waals surface area contributed by atoms with Gasteiger partial charge >= 0.3 is 0 Å². The van der Waals surface area contributed by atoms with Gasteiger partial charge in [0.25, 0.3) is 0 Å². The average Bonchev–Trinajstić information content (AvgIpc) is 2.41. The fraction of sp³-hybridized carbons (Fsp3) is 0.500. The molecule has 0 aliphatic heterocycles. The van der Waals surface area contributed by atoms with Crippen molar-refractivity contribution < 1.29 is 8.78 Å². The van der Waals surface area contributed by atoms with Crippen molar-refractivity contribution in [2.24, 2.45) is 5.92 Å². The second-order valence-electron chi connectivity index (χ2n) is 5.07. The Labute approximate surface area is 108 Å². The molecule has 98 valence electrons. The summed E-state index contributed by atoms with van der Waals surface area (Å²) in [6, 6.07) is 6.89. The molecule has 0 nitrogen and oxygen atoms in total. The van der Waals surface area contributed by atoms with E-state index in [-0.39, 0.29) is 12.5 Å². The molecule has 18 heavy (non-hydrogen) atoms. The minimum absolute atomic E-state index is 0.165. The van der Waals surface area contributed by atoms with Gasteiger partial charge in [-0.1, -0.05) is 24.3 Å². The Kier molecular flexibility index (Phi) is 4.91. The molecule has 0 atom stereocenters. The lowest BCUT2D eigenvalue weighted by atomic mass is 9.78. The van der Waals surface area contributed by atoms with Crippen molar-refractivity contribution in [3.63, 3.8) is 0 Å². The number of halogens is 2. The van der Waals surface area contributed by atoms with E-state index in [1.165, 1.54) is 5.56 Å². The van der Waals surface area contributed by atoms with Crippen molar-refractivity contribution in [1.82, 2.24) is 0 Å². The van der Waals surface area contributed by atoms with Gasteiger partial charge in [-0.3, -0.25) is 4.39 Å². The summed E-state index contributed by atoms with van der Waals surface area (Å²) in [5.41, 5.74) is 1.25. The summed E-state index contributed by atoms with van der Waals surface area (Å²) < 4.78 is 24.8. The van der Waals surface area contributed by atoms with E-state index in [0.717, 1.165) is 25.7 Å². The normalized spacial score (nSPS) is 24.6. The highest BCUT2D eigenvalue weighted by atomic mass is 19.1. The second kappa shape index (κ2) is 6.67. The quantitative estimate of drug-likeness (QED) is 0.658. The second-order valence-corrected chi connectivity index (χ2v) is 5.07. The first-order valence-electron chi connectivity index (χ1n) is 6.77. The van der Waals surface area contributed by atoms with Gasteiger partial charge in [-0.2, -0.15) is 0 Å². The highest BCUT2D eigenvalue weighted by molar-refractivity contribution is 5.21. The lowest BCUT2D eigenvalue weighted by Gasteiger charge is -2.27. The lowest BCUT2D eigenvalue weighted by molar-refractivity contribution is 0.374. The Balaban J connectivity index is 1.84. The van der Waals surface area contributed by atoms with E-state index >= 15 is 0 Å². The zero-order chi connectivity index (χ0) is 12.8. The molecular weight excluding hydrogens is 230 g/mol. The molecule has 1 aromatic carbocycles. The number of rotatable bonds is 4. The Morgan fingerprint density at radius 2 is 1.72 bits per heavy atom. The molecule has 0 unspecified atom stereocenters. The molecule has 1 aliphatic carbocycles. The van der Waals surface area contributed by atoms with Gasteiger partial charge in [-0.15, -0.1) is 0 Å². The first-order valence-corrected chi connectivity index (χ1v) is 6.77. The smallest absolute Gasteiger partial charge is 0.123 e. The fourth-order valence-corrected chi connectivity index (χ4v) is 2.73. The molecule has 0 bridgehead atoms. The van der Waals surface area contributed by atoms with Crippen molar-refractivity contribution in [2.75, 3.05) is 6.67 Å². The lowest BCUT2D eigenvalue weighted by Crippen LogP contribution is -2.11. The number of allylic oxidation sites excluding steroid dienone is 2. The molecule has 0 spiro atoms. The van der Waals surface area contributed by atoms with Crippen LogP contribution in [0.2, 0.25) is 0 Å². The molecule has 0 amide bonds. The van der Waals surface area contributed by atoms with E-state index in [2.05, 4.69) is 6.08 Å². The van der Waals surface area contributed by atoms with E-state index in [1.807, 2.05) is 18.2 Å². The molecule has 0 aromatic heterocycles. The van der Waals surface area contributed by atoms with Crippen molar-refractivity contribution >= 4 is 0 Å². The Hall–Kier alpha value is -1.18. The molecule has 1 saturated carbocycles. The van der Waals surface area contributed by atoms with Crippen LogP contribution in [0.5, 0.6) is 0 Å². The standard InChI is InChI=1S/C16H20F2/c17-12-2-1-3-13-4-6-14(7-5-13)15-8-10-16(18)11-9-15/h1,3,8-11,13-14H,2,4-7,12H2/b3-1+/t13-,14-. The van der Waals surface area contributed by atoms with Gasteiger partial charge in [-0.25, -0.2) is 4.39 Å². The van der Waals surface area contributed by atoms with Crippen LogP contribution >= 0.6 is 0 Å². The minimum Gasteiger partial charge on any atom is -0.251 e. The predicted octanol–water partition coefficient (Wildman–Crippen LogP) is 5.02. The first kappa shape index (κ1) is 13.3. The number of alkyl halides is 1. The third-order valence-electron chi connectivity index (χ3n) is 3.80. The summed E-state index contributed by atoms with van der Waals surface area (Å²) in [6.07, 6.45) is 9.28. The average molecular weight is 250 g/mol. The molecule has 2 rings (SSSR count). The van der Waals surface area contributed by atoms with Gasteiger partial charge in [0.1, 0.15) is 5.82 Å². The summed E-state index contributed by atoms with van der Waals surface area (Å²) in [4.78, 5) is 0. The Bertz CT molecular complexity index is 373. The highest BCUT2D eigenvalue weighted by Gasteiger charge is 2.20. The molecule has 0 saturated heterocycles. The van der Waals surface area contributed by atoms with Gasteiger partial charge in [0.15, 0.2) is 0 Å². The van der Waals surface area contributed by atoms with Crippen LogP contribution in [0.15, 0.2) is 36.4 Å². The number of benzene rings is 1. The minimum atomic E-state index is -0.262. The van der Waals surface area contributed by atoms with Crippen LogP contribution in [0, 0.1) is 11.7 Å². The zero-order valence-corrected chi connectivity index (χ0v) is 10.6. The van der Waals surface area contributed by atoms with Crippen LogP contribution in [-0.2, 0) is 0 Å². The maximum Gasteiger partial charge on any atom is 0.123 e. The van der Waals surface area contributed by atoms with Crippen molar-refractivity contribution in [2.45, 2.75) is 38.0 Å². The molecule has 2 heteroatoms. The fourth-order valence-electron chi connectivity index (χ4n) is 2.73. The van der Waals surface area contributed by atoms with Gasteiger partial charge in [0.2, 0.25) is 0 Å². The van der Waals surface area contributed by atoms with E-state index in [4.69, 9.17) is 0 Å². The van der Waals surface area contributed by atoms with E-state index in [1.54, 1.807) is 12.1 Å². The van der Waals surface area contributed by atoms with Gasteiger partial charge in [-0.05, 0) is 61.6 Å². The molecular formula is C16H20F2. The third-order valence-corrected chi connectivity index (χ3v) is 3.80. The largest absolute Gasteiger partial charge is 0.251 e. The first-order chi connectivity index (χ1) is 8.79. The Morgan fingerprint density at radius 1 is 1.06 bits per heavy atom. The maximum absolute atomic E-state index is 12.8. The van der Waals surface area contributed by atoms with E-state index in [9.17, 15) is 8.78 Å². The van der Waals surface area contributed by atoms with Crippen molar-refractivity contribution in [3.8, 4) is 0 Å². The molecule has 0 radical (unpaired) electrons. The van der Waals surface area contributed by atoms with E-state index in [0.29, 0.717) is 18.3 Å². The van der Waals surface area contributed by atoms with Crippen LogP contribution in [0.1, 0.15) is 43.6 Å². The van der Waals surface area contributed by atoms with Crippen LogP contribution in [0.25, 0.3) is 0 Å². The molecule has 1 aliphatic rings. The predicted molar refractivity (Wildman–Crippen MR) is 70.8 cm³/mol. The molecule has 1 fully saturated rings. The Morgan fingerprint density at radius 3 is 2.33 bits per heavy atom. The van der Waals surface area contributed by atoms with Crippen LogP contribution in [0.4, 0.5) is 8.78 Å². The summed E-state index contributed by atoms with van der Waals surface area (Å²) in [6.45, 7) is -0.262. The summed E-state index contributed by atoms with van der Waals surface area (Å²) in [5.74, 6) is 1.01. The molecule has 0 N–H and O–H groups in total. The van der Waals surface area contributed by atoms with Crippen molar-refractivity contribution in [1.29, 1.82) is 0 Å². The summed E-state index contributed by atoms with van der Waals surface area (Å²) in [5, 5.41) is 0. The number of hydrogen-bond acceptors (Lipinski definition) is 0. The molecule has 0 heterocycles. The monoisotopic (exact) mass is 250 g/mol. The van der Waals surface area contributed by atoms with Gasteiger partial charge in [0.05, 0.1) is 6.67 Å². The van der Waals surface area contributed by atoms with Crippen LogP contribution in [0.3, 0.4) is 0 Å². The topological polar surface area (TPSA) is 0 Å². The third kappa shape index (κ3) is 3.66. The van der Waals surface area contributed by atoms with Gasteiger partial charge in [0, 0.05) is 0 Å². The summed E-state index contributed by atoms with van der Waals surface area (Å²) >= 11 is 0. The van der Waals surface area contributed by atoms with Crippen LogP contribution < -0.4 is 0 Å². The maximum atomic E-state index is 12.8. The molecule has 1 aromatic rings. The van der Waals surface area contributed by atoms with Crippen LogP contribution in [-0.4, -0.2) is 6.67 Å². The van der Waals surface area contributed by atoms with Gasteiger partial charge < -0.3 is 0 Å².